The summed E-state index contributed by atoms with van der Waals surface area (Å²) >= 11 is 0. The number of carboxylic acids is 1. The minimum atomic E-state index is -0.734. The van der Waals surface area contributed by atoms with Crippen LogP contribution < -0.4 is 0 Å². The number of aromatic nitrogens is 2. The Kier molecular flexibility index (Phi) is 6.65. The van der Waals surface area contributed by atoms with Crippen LogP contribution in [0.3, 0.4) is 0 Å². The third-order valence-corrected chi connectivity index (χ3v) is 7.50. The number of carbonyl (C=O) groups is 1. The van der Waals surface area contributed by atoms with E-state index in [0.29, 0.717) is 44.2 Å². The molecule has 2 heterocycles. The van der Waals surface area contributed by atoms with Crippen molar-refractivity contribution in [1.29, 1.82) is 0 Å². The van der Waals surface area contributed by atoms with Crippen LogP contribution in [0.15, 0.2) is 47.0 Å². The van der Waals surface area contributed by atoms with Gasteiger partial charge in [-0.3, -0.25) is 9.69 Å². The molecule has 0 radical (unpaired) electrons. The highest BCUT2D eigenvalue weighted by atomic mass is 19.1. The van der Waals surface area contributed by atoms with Gasteiger partial charge in [-0.25, -0.2) is 8.78 Å². The molecule has 5 rings (SSSR count). The average molecular weight is 482 g/mol. The molecule has 1 saturated heterocycles. The molecule has 1 aliphatic carbocycles. The number of hydrogen-bond acceptors (Lipinski definition) is 5. The zero-order chi connectivity index (χ0) is 24.4. The summed E-state index contributed by atoms with van der Waals surface area (Å²) in [5, 5.41) is 13.1. The van der Waals surface area contributed by atoms with Gasteiger partial charge in [0.25, 0.3) is 0 Å². The smallest absolute Gasteiger partial charge is 0.309 e. The van der Waals surface area contributed by atoms with Crippen LogP contribution in [-0.4, -0.2) is 39.2 Å². The van der Waals surface area contributed by atoms with Crippen LogP contribution in [-0.2, 0) is 23.2 Å². The van der Waals surface area contributed by atoms with Crippen molar-refractivity contribution in [2.75, 3.05) is 13.1 Å². The monoisotopic (exact) mass is 481 g/mol. The predicted octanol–water partition coefficient (Wildman–Crippen LogP) is 5.37. The van der Waals surface area contributed by atoms with Crippen LogP contribution in [0.1, 0.15) is 55.5 Å². The molecule has 0 spiro atoms. The lowest BCUT2D eigenvalue weighted by molar-refractivity contribution is -0.147. The largest absolute Gasteiger partial charge is 0.481 e. The molecule has 2 fully saturated rings. The summed E-state index contributed by atoms with van der Waals surface area (Å²) in [4.78, 5) is 17.6. The molecule has 1 aromatic heterocycles. The zero-order valence-corrected chi connectivity index (χ0v) is 19.6. The fraction of sp³-hybridized carbons (Fsp3) is 0.444. The van der Waals surface area contributed by atoms with Gasteiger partial charge in [0.05, 0.1) is 5.92 Å². The lowest BCUT2D eigenvalue weighted by atomic mass is 9.67. The van der Waals surface area contributed by atoms with Crippen molar-refractivity contribution >= 4 is 5.97 Å². The molecule has 1 aliphatic heterocycles. The topological polar surface area (TPSA) is 79.5 Å². The number of aryl methyl sites for hydroxylation is 1. The van der Waals surface area contributed by atoms with Crippen LogP contribution in [0, 0.1) is 17.6 Å². The minimum Gasteiger partial charge on any atom is -0.481 e. The molecule has 35 heavy (non-hydrogen) atoms. The molecule has 0 bridgehead atoms. The van der Waals surface area contributed by atoms with Crippen LogP contribution in [0.2, 0.25) is 0 Å². The Labute approximate surface area is 203 Å². The number of aliphatic carboxylic acids is 1. The number of likely N-dealkylation sites (tertiary alicyclic amines) is 1. The first-order valence-corrected chi connectivity index (χ1v) is 12.2. The van der Waals surface area contributed by atoms with Crippen molar-refractivity contribution in [2.24, 2.45) is 5.92 Å². The van der Waals surface area contributed by atoms with Gasteiger partial charge in [-0.2, -0.15) is 4.98 Å². The molecule has 0 unspecified atom stereocenters. The average Bonchev–Trinajstić information content (AvgIpc) is 3.29. The maximum Gasteiger partial charge on any atom is 0.309 e. The molecule has 2 aliphatic rings. The van der Waals surface area contributed by atoms with Gasteiger partial charge >= 0.3 is 5.97 Å². The summed E-state index contributed by atoms with van der Waals surface area (Å²) in [6.07, 6.45) is 6.23. The number of hydrogen-bond donors (Lipinski definition) is 1. The van der Waals surface area contributed by atoms with Gasteiger partial charge in [0, 0.05) is 37.7 Å². The van der Waals surface area contributed by atoms with Crippen molar-refractivity contribution < 1.29 is 23.2 Å². The van der Waals surface area contributed by atoms with E-state index >= 15 is 0 Å². The van der Waals surface area contributed by atoms with Crippen molar-refractivity contribution in [3.05, 3.63) is 71.1 Å². The number of nitrogens with zero attached hydrogens (tertiary/aromatic N) is 3. The second-order valence-electron chi connectivity index (χ2n) is 9.94. The van der Waals surface area contributed by atoms with Crippen LogP contribution in [0.4, 0.5) is 8.78 Å². The van der Waals surface area contributed by atoms with E-state index in [1.165, 1.54) is 12.1 Å². The lowest BCUT2D eigenvalue weighted by Gasteiger charge is -2.38. The van der Waals surface area contributed by atoms with Crippen LogP contribution in [0.25, 0.3) is 11.4 Å². The van der Waals surface area contributed by atoms with Gasteiger partial charge < -0.3 is 9.63 Å². The minimum absolute atomic E-state index is 0.264. The molecule has 3 aromatic rings. The third kappa shape index (κ3) is 5.27. The number of rotatable bonds is 8. The summed E-state index contributed by atoms with van der Waals surface area (Å²) in [6, 6.07) is 11.7. The molecule has 1 saturated carbocycles. The van der Waals surface area contributed by atoms with Gasteiger partial charge in [0.1, 0.15) is 11.6 Å². The van der Waals surface area contributed by atoms with Crippen molar-refractivity contribution in [2.45, 2.75) is 56.9 Å². The van der Waals surface area contributed by atoms with E-state index in [4.69, 9.17) is 9.63 Å². The fourth-order valence-corrected chi connectivity index (χ4v) is 5.46. The van der Waals surface area contributed by atoms with Gasteiger partial charge in [0.2, 0.25) is 11.7 Å². The predicted molar refractivity (Wildman–Crippen MR) is 126 cm³/mol. The maximum absolute atomic E-state index is 14.0. The molecule has 1 N–H and O–H groups in total. The molecular formula is C27H29F2N3O3. The van der Waals surface area contributed by atoms with E-state index in [1.807, 2.05) is 24.3 Å². The fourth-order valence-electron chi connectivity index (χ4n) is 5.46. The second-order valence-corrected chi connectivity index (χ2v) is 9.94. The Bertz CT molecular complexity index is 1160. The van der Waals surface area contributed by atoms with E-state index in [1.54, 1.807) is 0 Å². The number of carboxylic acid groups (broad SMARTS) is 1. The van der Waals surface area contributed by atoms with Gasteiger partial charge in [-0.15, -0.1) is 0 Å². The molecule has 184 valence electrons. The summed E-state index contributed by atoms with van der Waals surface area (Å²) in [6.45, 7) is 1.87. The molecule has 0 amide bonds. The quantitative estimate of drug-likeness (QED) is 0.466. The molecule has 6 nitrogen and oxygen atoms in total. The van der Waals surface area contributed by atoms with Gasteiger partial charge in [-0.1, -0.05) is 48.7 Å². The summed E-state index contributed by atoms with van der Waals surface area (Å²) < 4.78 is 33.5. The van der Waals surface area contributed by atoms with E-state index in [9.17, 15) is 13.6 Å². The van der Waals surface area contributed by atoms with Gasteiger partial charge in [0.15, 0.2) is 0 Å². The standard InChI is InChI=1S/C27H29F2N3O3/c28-22-12-21(13-23(29)14-22)27(9-2-1-3-10-27)11-8-24-30-25(31-35-24)19-6-4-18(5-7-19)15-32-16-20(17-32)26(33)34/h4-7,12-14,20H,1-3,8-11,15-17H2,(H,33,34). The van der Waals surface area contributed by atoms with E-state index < -0.39 is 17.6 Å². The Morgan fingerprint density at radius 1 is 1.06 bits per heavy atom. The van der Waals surface area contributed by atoms with Crippen molar-refractivity contribution in [3.8, 4) is 11.4 Å². The zero-order valence-electron chi connectivity index (χ0n) is 19.6. The van der Waals surface area contributed by atoms with E-state index in [-0.39, 0.29) is 11.3 Å². The maximum atomic E-state index is 14.0. The molecule has 0 atom stereocenters. The summed E-state index contributed by atoms with van der Waals surface area (Å²) in [5.41, 5.74) is 2.38. The van der Waals surface area contributed by atoms with Crippen LogP contribution in [0.5, 0.6) is 0 Å². The normalized spacial score (nSPS) is 18.3. The van der Waals surface area contributed by atoms with E-state index in [2.05, 4.69) is 15.0 Å². The SMILES string of the molecule is O=C(O)C1CN(Cc2ccc(-c3noc(CCC4(c5cc(F)cc(F)c5)CCCCC4)n3)cc2)C1. The number of halogens is 2. The lowest BCUT2D eigenvalue weighted by Crippen LogP contribution is -2.49. The first-order chi connectivity index (χ1) is 16.9. The second kappa shape index (κ2) is 9.85. The molecule has 2 aromatic carbocycles. The summed E-state index contributed by atoms with van der Waals surface area (Å²) in [5.74, 6) is -1.04. The Balaban J connectivity index is 1.23. The number of benzene rings is 2. The highest BCUT2D eigenvalue weighted by Gasteiger charge is 2.35. The van der Waals surface area contributed by atoms with Gasteiger partial charge in [-0.05, 0) is 47.9 Å². The highest BCUT2D eigenvalue weighted by molar-refractivity contribution is 5.71. The highest BCUT2D eigenvalue weighted by Crippen LogP contribution is 2.43. The van der Waals surface area contributed by atoms with Crippen LogP contribution >= 0.6 is 0 Å². The first-order valence-electron chi connectivity index (χ1n) is 12.2. The third-order valence-electron chi connectivity index (χ3n) is 7.50. The van der Waals surface area contributed by atoms with Crippen molar-refractivity contribution in [3.63, 3.8) is 0 Å². The summed E-state index contributed by atoms with van der Waals surface area (Å²) in [7, 11) is 0. The Morgan fingerprint density at radius 2 is 1.74 bits per heavy atom. The first kappa shape index (κ1) is 23.6. The Morgan fingerprint density at radius 3 is 2.40 bits per heavy atom. The molecule has 8 heteroatoms. The Hall–Kier alpha value is -3.13. The molecular weight excluding hydrogens is 452 g/mol. The van der Waals surface area contributed by atoms with E-state index in [0.717, 1.165) is 54.9 Å². The van der Waals surface area contributed by atoms with Crippen molar-refractivity contribution in [1.82, 2.24) is 15.0 Å².